The molecule has 3 aromatic rings. The van der Waals surface area contributed by atoms with Crippen molar-refractivity contribution >= 4 is 11.6 Å². The fourth-order valence-electron chi connectivity index (χ4n) is 3.81. The Hall–Kier alpha value is -3.61. The first-order valence-electron chi connectivity index (χ1n) is 9.40. The third-order valence-corrected chi connectivity index (χ3v) is 5.33. The van der Waals surface area contributed by atoms with E-state index < -0.39 is 5.69 Å². The Morgan fingerprint density at radius 1 is 1.21 bits per heavy atom. The molecule has 0 saturated carbocycles. The number of nitrogens with one attached hydrogen (secondary N) is 1. The molecule has 1 atom stereocenters. The zero-order chi connectivity index (χ0) is 20.7. The maximum Gasteiger partial charge on any atom is 0.345 e. The van der Waals surface area contributed by atoms with Gasteiger partial charge >= 0.3 is 5.69 Å². The highest BCUT2D eigenvalue weighted by atomic mass is 16.3. The Morgan fingerprint density at radius 3 is 2.76 bits per heavy atom. The van der Waals surface area contributed by atoms with Crippen LogP contribution in [0.15, 0.2) is 47.4 Å². The first kappa shape index (κ1) is 18.7. The number of anilines is 1. The summed E-state index contributed by atoms with van der Waals surface area (Å²) in [7, 11) is 0. The number of phenols is 2. The summed E-state index contributed by atoms with van der Waals surface area (Å²) in [4.78, 5) is 33.0. The molecule has 1 unspecified atom stereocenters. The normalized spacial score (nSPS) is 15.8. The molecule has 1 aliphatic heterocycles. The van der Waals surface area contributed by atoms with Gasteiger partial charge in [0, 0.05) is 24.0 Å². The van der Waals surface area contributed by atoms with Crippen LogP contribution in [-0.4, -0.2) is 32.1 Å². The van der Waals surface area contributed by atoms with Crippen molar-refractivity contribution in [1.82, 2.24) is 9.97 Å². The van der Waals surface area contributed by atoms with Crippen molar-refractivity contribution < 1.29 is 15.0 Å². The number of aryl methyl sites for hydroxylation is 2. The van der Waals surface area contributed by atoms with E-state index in [0.717, 1.165) is 41.3 Å². The third kappa shape index (κ3) is 3.35. The molecule has 2 heterocycles. The minimum absolute atomic E-state index is 0.0449. The van der Waals surface area contributed by atoms with Crippen molar-refractivity contribution in [1.29, 1.82) is 0 Å². The van der Waals surface area contributed by atoms with Crippen LogP contribution in [0.3, 0.4) is 0 Å². The van der Waals surface area contributed by atoms with Gasteiger partial charge in [-0.05, 0) is 67.6 Å². The lowest BCUT2D eigenvalue weighted by atomic mass is 9.93. The summed E-state index contributed by atoms with van der Waals surface area (Å²) in [5.74, 6) is -0.675. The zero-order valence-electron chi connectivity index (χ0n) is 16.1. The molecule has 148 valence electrons. The maximum atomic E-state index is 13.2. The molecule has 3 N–H and O–H groups in total. The number of carbonyl (C=O) groups is 1. The van der Waals surface area contributed by atoms with Crippen molar-refractivity contribution in [3.8, 4) is 22.8 Å². The van der Waals surface area contributed by atoms with Gasteiger partial charge in [-0.15, -0.1) is 0 Å². The van der Waals surface area contributed by atoms with Gasteiger partial charge in [0.25, 0.3) is 5.91 Å². The summed E-state index contributed by atoms with van der Waals surface area (Å²) < 4.78 is 0. The Morgan fingerprint density at radius 2 is 2.00 bits per heavy atom. The summed E-state index contributed by atoms with van der Waals surface area (Å²) >= 11 is 0. The number of aromatic amines is 1. The fourth-order valence-corrected chi connectivity index (χ4v) is 3.81. The van der Waals surface area contributed by atoms with E-state index in [1.54, 1.807) is 11.1 Å². The molecule has 7 nitrogen and oxygen atoms in total. The second-order valence-electron chi connectivity index (χ2n) is 7.35. The second kappa shape index (κ2) is 7.09. The van der Waals surface area contributed by atoms with Crippen LogP contribution in [0.1, 0.15) is 34.8 Å². The molecule has 1 aromatic heterocycles. The quantitative estimate of drug-likeness (QED) is 0.622. The van der Waals surface area contributed by atoms with Gasteiger partial charge < -0.3 is 20.1 Å². The molecule has 1 amide bonds. The van der Waals surface area contributed by atoms with Crippen molar-refractivity contribution in [2.24, 2.45) is 0 Å². The van der Waals surface area contributed by atoms with Crippen LogP contribution in [0.4, 0.5) is 5.69 Å². The van der Waals surface area contributed by atoms with Crippen LogP contribution in [0.5, 0.6) is 11.5 Å². The predicted octanol–water partition coefficient (Wildman–Crippen LogP) is 3.14. The average molecular weight is 391 g/mol. The standard InChI is InChI=1S/C22H21N3O4/c1-12-11-23-22(29)24-20(12)15-5-8-18-14(9-15)4-3-13(2)25(18)21(28)17-7-6-16(26)10-19(17)27/h5-11,13,26-27H,3-4H2,1-2H3,(H,23,24,29). The van der Waals surface area contributed by atoms with E-state index in [-0.39, 0.29) is 29.0 Å². The van der Waals surface area contributed by atoms with Gasteiger partial charge in [0.05, 0.1) is 11.3 Å². The van der Waals surface area contributed by atoms with Gasteiger partial charge in [-0.25, -0.2) is 9.78 Å². The Bertz CT molecular complexity index is 1170. The van der Waals surface area contributed by atoms with E-state index in [1.165, 1.54) is 12.1 Å². The molecule has 0 radical (unpaired) electrons. The van der Waals surface area contributed by atoms with Crippen molar-refractivity contribution in [2.75, 3.05) is 4.90 Å². The van der Waals surface area contributed by atoms with Crippen LogP contribution in [0, 0.1) is 6.92 Å². The molecule has 29 heavy (non-hydrogen) atoms. The Labute approximate surface area is 167 Å². The smallest absolute Gasteiger partial charge is 0.345 e. The number of aromatic nitrogens is 2. The minimum atomic E-state index is -0.406. The van der Waals surface area contributed by atoms with E-state index in [9.17, 15) is 19.8 Å². The first-order valence-corrected chi connectivity index (χ1v) is 9.40. The van der Waals surface area contributed by atoms with Crippen LogP contribution >= 0.6 is 0 Å². The van der Waals surface area contributed by atoms with Gasteiger partial charge in [-0.2, -0.15) is 0 Å². The van der Waals surface area contributed by atoms with E-state index >= 15 is 0 Å². The summed E-state index contributed by atoms with van der Waals surface area (Å²) in [5.41, 5.74) is 3.92. The molecule has 7 heteroatoms. The number of hydrogen-bond acceptors (Lipinski definition) is 5. The number of hydrogen-bond donors (Lipinski definition) is 3. The fraction of sp³-hybridized carbons (Fsp3) is 0.227. The number of aromatic hydroxyl groups is 2. The number of rotatable bonds is 2. The molecular weight excluding hydrogens is 370 g/mol. The molecule has 4 rings (SSSR count). The summed E-state index contributed by atoms with van der Waals surface area (Å²) in [6, 6.07) is 9.64. The summed E-state index contributed by atoms with van der Waals surface area (Å²) in [6.45, 7) is 3.85. The lowest BCUT2D eigenvalue weighted by molar-refractivity contribution is 0.0972. The minimum Gasteiger partial charge on any atom is -0.508 e. The van der Waals surface area contributed by atoms with Gasteiger partial charge in [0.1, 0.15) is 11.5 Å². The summed E-state index contributed by atoms with van der Waals surface area (Å²) in [6.07, 6.45) is 3.11. The van der Waals surface area contributed by atoms with Crippen LogP contribution in [0.2, 0.25) is 0 Å². The predicted molar refractivity (Wildman–Crippen MR) is 109 cm³/mol. The Balaban J connectivity index is 1.77. The SMILES string of the molecule is Cc1cnc(=O)[nH]c1-c1ccc2c(c1)CCC(C)N2C(=O)c1ccc(O)cc1O. The van der Waals surface area contributed by atoms with Gasteiger partial charge in [0.2, 0.25) is 0 Å². The topological polar surface area (TPSA) is 107 Å². The van der Waals surface area contributed by atoms with Gasteiger partial charge in [-0.3, -0.25) is 4.79 Å². The van der Waals surface area contributed by atoms with Crippen LogP contribution in [-0.2, 0) is 6.42 Å². The first-order chi connectivity index (χ1) is 13.8. The Kier molecular flexibility index (Phi) is 4.58. The van der Waals surface area contributed by atoms with E-state index in [0.29, 0.717) is 5.69 Å². The van der Waals surface area contributed by atoms with Crippen molar-refractivity contribution in [2.45, 2.75) is 32.7 Å². The highest BCUT2D eigenvalue weighted by Crippen LogP contribution is 2.36. The molecule has 1 aliphatic rings. The largest absolute Gasteiger partial charge is 0.508 e. The lowest BCUT2D eigenvalue weighted by Crippen LogP contribution is -2.42. The molecule has 2 aromatic carbocycles. The highest BCUT2D eigenvalue weighted by Gasteiger charge is 2.30. The molecule has 0 bridgehead atoms. The average Bonchev–Trinajstić information content (AvgIpc) is 2.69. The number of H-pyrrole nitrogens is 1. The molecule has 0 spiro atoms. The number of phenolic OH excluding ortho intramolecular Hbond substituents is 2. The monoisotopic (exact) mass is 391 g/mol. The maximum absolute atomic E-state index is 13.2. The number of fused-ring (bicyclic) bond motifs is 1. The third-order valence-electron chi connectivity index (χ3n) is 5.33. The number of carbonyl (C=O) groups excluding carboxylic acids is 1. The van der Waals surface area contributed by atoms with E-state index in [1.807, 2.05) is 32.0 Å². The lowest BCUT2D eigenvalue weighted by Gasteiger charge is -2.35. The van der Waals surface area contributed by atoms with Gasteiger partial charge in [-0.1, -0.05) is 6.07 Å². The number of amides is 1. The highest BCUT2D eigenvalue weighted by molar-refractivity contribution is 6.09. The van der Waals surface area contributed by atoms with Crippen molar-refractivity contribution in [3.05, 3.63) is 69.8 Å². The van der Waals surface area contributed by atoms with Gasteiger partial charge in [0.15, 0.2) is 0 Å². The number of benzene rings is 2. The van der Waals surface area contributed by atoms with E-state index in [2.05, 4.69) is 9.97 Å². The van der Waals surface area contributed by atoms with E-state index in [4.69, 9.17) is 0 Å². The second-order valence-corrected chi connectivity index (χ2v) is 7.35. The molecule has 0 saturated heterocycles. The summed E-state index contributed by atoms with van der Waals surface area (Å²) in [5, 5.41) is 19.6. The molecule has 0 fully saturated rings. The molecular formula is C22H21N3O4. The molecule has 0 aliphatic carbocycles. The van der Waals surface area contributed by atoms with Crippen LogP contribution < -0.4 is 10.6 Å². The van der Waals surface area contributed by atoms with Crippen LogP contribution in [0.25, 0.3) is 11.3 Å². The zero-order valence-corrected chi connectivity index (χ0v) is 16.1. The van der Waals surface area contributed by atoms with Crippen molar-refractivity contribution in [3.63, 3.8) is 0 Å². The number of nitrogens with zero attached hydrogens (tertiary/aromatic N) is 2.